The van der Waals surface area contributed by atoms with Crippen LogP contribution in [0.3, 0.4) is 0 Å². The molecule has 0 amide bonds. The quantitative estimate of drug-likeness (QED) is 0.228. The first kappa shape index (κ1) is 21.8. The van der Waals surface area contributed by atoms with Gasteiger partial charge in [-0.3, -0.25) is 0 Å². The molecule has 0 saturated heterocycles. The number of hydrogen-bond donors (Lipinski definition) is 0. The highest BCUT2D eigenvalue weighted by Gasteiger charge is 2.14. The zero-order chi connectivity index (χ0) is 25.8. The Morgan fingerprint density at radius 1 is 0.487 bits per heavy atom. The number of imidazole rings is 1. The first-order valence-corrected chi connectivity index (χ1v) is 13.2. The Morgan fingerprint density at radius 2 is 1.26 bits per heavy atom. The average molecular weight is 498 g/mol. The fourth-order valence-corrected chi connectivity index (χ4v) is 5.70. The third-order valence-corrected chi connectivity index (χ3v) is 7.60. The van der Waals surface area contributed by atoms with Crippen LogP contribution in [0.2, 0.25) is 0 Å². The molecule has 0 fully saturated rings. The van der Waals surface area contributed by atoms with E-state index in [2.05, 4.69) is 120 Å². The van der Waals surface area contributed by atoms with Gasteiger partial charge >= 0.3 is 0 Å². The van der Waals surface area contributed by atoms with Crippen LogP contribution in [0.4, 0.5) is 0 Å². The molecular formula is C36H23N3. The molecule has 0 aliphatic rings. The maximum atomic E-state index is 5.18. The second kappa shape index (κ2) is 8.64. The highest BCUT2D eigenvalue weighted by Crippen LogP contribution is 2.38. The molecule has 0 unspecified atom stereocenters. The van der Waals surface area contributed by atoms with E-state index in [0.717, 1.165) is 39.2 Å². The second-order valence-electron chi connectivity index (χ2n) is 9.94. The molecule has 0 radical (unpaired) electrons. The Hall–Kier alpha value is -5.28. The van der Waals surface area contributed by atoms with Crippen LogP contribution in [0.5, 0.6) is 0 Å². The minimum Gasteiger partial charge on any atom is -0.306 e. The highest BCUT2D eigenvalue weighted by molar-refractivity contribution is 6.22. The number of nitrogens with zero attached hydrogens (tertiary/aromatic N) is 3. The molecule has 39 heavy (non-hydrogen) atoms. The van der Waals surface area contributed by atoms with Gasteiger partial charge in [-0.1, -0.05) is 103 Å². The summed E-state index contributed by atoms with van der Waals surface area (Å²) in [6.07, 6.45) is 4.10. The van der Waals surface area contributed by atoms with Crippen LogP contribution in [-0.4, -0.2) is 14.4 Å². The lowest BCUT2D eigenvalue weighted by atomic mass is 9.94. The van der Waals surface area contributed by atoms with Crippen molar-refractivity contribution in [2.24, 2.45) is 0 Å². The van der Waals surface area contributed by atoms with E-state index in [4.69, 9.17) is 9.97 Å². The molecule has 0 saturated carbocycles. The van der Waals surface area contributed by atoms with Crippen LogP contribution >= 0.6 is 0 Å². The fraction of sp³-hybridized carbons (Fsp3) is 0. The lowest BCUT2D eigenvalue weighted by molar-refractivity contribution is 1.19. The van der Waals surface area contributed by atoms with Crippen molar-refractivity contribution in [1.82, 2.24) is 14.4 Å². The Balaban J connectivity index is 1.25. The van der Waals surface area contributed by atoms with Crippen molar-refractivity contribution >= 4 is 38.1 Å². The Morgan fingerprint density at radius 3 is 2.15 bits per heavy atom. The summed E-state index contributed by atoms with van der Waals surface area (Å²) in [7, 11) is 0. The molecule has 0 aliphatic heterocycles. The SMILES string of the molecule is c1cc(-c2ccc(-c3cn4ccccc4n3)cc2)cc(-c2nc3ccccc3c3c2ccc2ccccc23)c1. The van der Waals surface area contributed by atoms with Crippen molar-refractivity contribution in [2.75, 3.05) is 0 Å². The first-order chi connectivity index (χ1) is 19.3. The maximum absolute atomic E-state index is 5.18. The van der Waals surface area contributed by atoms with Crippen LogP contribution in [0.25, 0.3) is 71.7 Å². The molecule has 3 nitrogen and oxygen atoms in total. The van der Waals surface area contributed by atoms with Gasteiger partial charge in [0, 0.05) is 39.7 Å². The molecule has 3 aromatic heterocycles. The van der Waals surface area contributed by atoms with Crippen molar-refractivity contribution in [2.45, 2.75) is 0 Å². The molecule has 182 valence electrons. The smallest absolute Gasteiger partial charge is 0.137 e. The molecule has 3 heterocycles. The van der Waals surface area contributed by atoms with Crippen LogP contribution in [0, 0.1) is 0 Å². The molecule has 0 N–H and O–H groups in total. The zero-order valence-corrected chi connectivity index (χ0v) is 21.1. The van der Waals surface area contributed by atoms with E-state index < -0.39 is 0 Å². The Labute approximate surface area is 225 Å². The molecule has 8 rings (SSSR count). The third kappa shape index (κ3) is 3.59. The van der Waals surface area contributed by atoms with Gasteiger partial charge < -0.3 is 4.40 Å². The summed E-state index contributed by atoms with van der Waals surface area (Å²) in [5.74, 6) is 0. The van der Waals surface area contributed by atoms with Crippen LogP contribution in [0.1, 0.15) is 0 Å². The van der Waals surface area contributed by atoms with E-state index >= 15 is 0 Å². The predicted molar refractivity (Wildman–Crippen MR) is 162 cm³/mol. The van der Waals surface area contributed by atoms with Gasteiger partial charge in [-0.05, 0) is 46.2 Å². The van der Waals surface area contributed by atoms with Crippen molar-refractivity contribution in [3.63, 3.8) is 0 Å². The summed E-state index contributed by atoms with van der Waals surface area (Å²) in [5.41, 5.74) is 8.50. The summed E-state index contributed by atoms with van der Waals surface area (Å²) in [6, 6.07) is 44.9. The van der Waals surface area contributed by atoms with E-state index in [9.17, 15) is 0 Å². The topological polar surface area (TPSA) is 30.2 Å². The van der Waals surface area contributed by atoms with Gasteiger partial charge in [0.1, 0.15) is 5.65 Å². The van der Waals surface area contributed by atoms with Gasteiger partial charge in [-0.15, -0.1) is 0 Å². The van der Waals surface area contributed by atoms with Crippen LogP contribution < -0.4 is 0 Å². The van der Waals surface area contributed by atoms with Gasteiger partial charge in [0.15, 0.2) is 0 Å². The number of aromatic nitrogens is 3. The molecule has 0 bridgehead atoms. The number of hydrogen-bond acceptors (Lipinski definition) is 2. The lowest BCUT2D eigenvalue weighted by Gasteiger charge is -2.13. The minimum absolute atomic E-state index is 0.951. The van der Waals surface area contributed by atoms with Gasteiger partial charge in [-0.25, -0.2) is 9.97 Å². The molecule has 0 atom stereocenters. The predicted octanol–water partition coefficient (Wildman–Crippen LogP) is 9.19. The third-order valence-electron chi connectivity index (χ3n) is 7.60. The van der Waals surface area contributed by atoms with Crippen molar-refractivity contribution in [3.05, 3.63) is 140 Å². The summed E-state index contributed by atoms with van der Waals surface area (Å²) in [5, 5.41) is 6.12. The van der Waals surface area contributed by atoms with E-state index in [1.807, 2.05) is 24.4 Å². The minimum atomic E-state index is 0.951. The summed E-state index contributed by atoms with van der Waals surface area (Å²) in [4.78, 5) is 9.95. The van der Waals surface area contributed by atoms with Crippen molar-refractivity contribution < 1.29 is 0 Å². The molecule has 0 aliphatic carbocycles. The average Bonchev–Trinajstić information content (AvgIpc) is 3.45. The second-order valence-corrected chi connectivity index (χ2v) is 9.94. The molecule has 0 spiro atoms. The standard InChI is InChI=1S/C36H23N3/c1-2-11-29-25(8-1)19-20-31-35(29)30-12-3-4-13-32(30)38-36(31)28-10-7-9-27(22-28)24-15-17-26(18-16-24)33-23-39-21-6-5-14-34(39)37-33/h1-23H. The maximum Gasteiger partial charge on any atom is 0.137 e. The van der Waals surface area contributed by atoms with Gasteiger partial charge in [0.2, 0.25) is 0 Å². The molecule has 5 aromatic carbocycles. The number of benzene rings is 5. The van der Waals surface area contributed by atoms with E-state index in [-0.39, 0.29) is 0 Å². The molecule has 3 heteroatoms. The number of rotatable bonds is 3. The zero-order valence-electron chi connectivity index (χ0n) is 21.1. The number of para-hydroxylation sites is 1. The van der Waals surface area contributed by atoms with Gasteiger partial charge in [0.25, 0.3) is 0 Å². The lowest BCUT2D eigenvalue weighted by Crippen LogP contribution is -1.91. The number of pyridine rings is 2. The highest BCUT2D eigenvalue weighted by atomic mass is 15.0. The van der Waals surface area contributed by atoms with E-state index in [1.165, 1.54) is 32.5 Å². The Kier molecular flexibility index (Phi) is 4.82. The summed E-state index contributed by atoms with van der Waals surface area (Å²) in [6.45, 7) is 0. The first-order valence-electron chi connectivity index (χ1n) is 13.2. The Bertz CT molecular complexity index is 2120. The molecular weight excluding hydrogens is 474 g/mol. The normalized spacial score (nSPS) is 11.6. The monoisotopic (exact) mass is 497 g/mol. The number of fused-ring (bicyclic) bond motifs is 6. The van der Waals surface area contributed by atoms with Crippen molar-refractivity contribution in [3.8, 4) is 33.6 Å². The van der Waals surface area contributed by atoms with Crippen LogP contribution in [-0.2, 0) is 0 Å². The summed E-state index contributed by atoms with van der Waals surface area (Å²) >= 11 is 0. The summed E-state index contributed by atoms with van der Waals surface area (Å²) < 4.78 is 2.05. The van der Waals surface area contributed by atoms with Crippen LogP contribution in [0.15, 0.2) is 140 Å². The van der Waals surface area contributed by atoms with Gasteiger partial charge in [0.05, 0.1) is 16.9 Å². The van der Waals surface area contributed by atoms with Crippen molar-refractivity contribution in [1.29, 1.82) is 0 Å². The fourth-order valence-electron chi connectivity index (χ4n) is 5.70. The van der Waals surface area contributed by atoms with Gasteiger partial charge in [-0.2, -0.15) is 0 Å². The van der Waals surface area contributed by atoms with E-state index in [0.29, 0.717) is 0 Å². The molecule has 8 aromatic rings. The largest absolute Gasteiger partial charge is 0.306 e. The van der Waals surface area contributed by atoms with E-state index in [1.54, 1.807) is 0 Å².